The van der Waals surface area contributed by atoms with Gasteiger partial charge in [0.05, 0.1) is 4.34 Å². The maximum Gasteiger partial charge on any atom is 0.410 e. The van der Waals surface area contributed by atoms with E-state index >= 15 is 0 Å². The lowest BCUT2D eigenvalue weighted by molar-refractivity contribution is -0.155. The molecule has 1 aromatic heterocycles. The van der Waals surface area contributed by atoms with Crippen LogP contribution in [0.3, 0.4) is 0 Å². The van der Waals surface area contributed by atoms with Crippen molar-refractivity contribution in [2.24, 2.45) is 0 Å². The normalized spacial score (nSPS) is 18.1. The molecule has 0 spiro atoms. The van der Waals surface area contributed by atoms with Gasteiger partial charge >= 0.3 is 12.1 Å². The molecule has 10 nitrogen and oxygen atoms in total. The van der Waals surface area contributed by atoms with Crippen molar-refractivity contribution in [2.75, 3.05) is 24.5 Å². The lowest BCUT2D eigenvalue weighted by Crippen LogP contribution is -2.48. The minimum Gasteiger partial charge on any atom is -0.459 e. The fourth-order valence-electron chi connectivity index (χ4n) is 5.11. The zero-order valence-electron chi connectivity index (χ0n) is 26.0. The summed E-state index contributed by atoms with van der Waals surface area (Å²) in [5, 5.41) is 0.994. The molecule has 2 aromatic rings. The van der Waals surface area contributed by atoms with Crippen molar-refractivity contribution in [1.82, 2.24) is 9.21 Å². The van der Waals surface area contributed by atoms with Gasteiger partial charge in [0.1, 0.15) is 23.8 Å². The lowest BCUT2D eigenvalue weighted by atomic mass is 10.0. The highest BCUT2D eigenvalue weighted by Crippen LogP contribution is 2.31. The van der Waals surface area contributed by atoms with Crippen molar-refractivity contribution < 1.29 is 32.3 Å². The Hall–Kier alpha value is -2.93. The molecule has 4 rings (SSSR count). The Labute approximate surface area is 268 Å². The zero-order chi connectivity index (χ0) is 32.4. The molecule has 1 fully saturated rings. The van der Waals surface area contributed by atoms with Gasteiger partial charge in [-0.25, -0.2) is 13.2 Å². The van der Waals surface area contributed by atoms with E-state index in [2.05, 4.69) is 0 Å². The Morgan fingerprint density at radius 3 is 2.39 bits per heavy atom. The first-order valence-electron chi connectivity index (χ1n) is 14.5. The maximum absolute atomic E-state index is 13.8. The molecule has 0 radical (unpaired) electrons. The van der Waals surface area contributed by atoms with Crippen LogP contribution < -0.4 is 4.90 Å². The number of sulfonamides is 1. The van der Waals surface area contributed by atoms with Gasteiger partial charge in [-0.15, -0.1) is 11.3 Å². The molecule has 1 atom stereocenters. The number of carbonyl (C=O) groups is 3. The predicted octanol–water partition coefficient (Wildman–Crippen LogP) is 5.83. The number of carbonyl (C=O) groups excluding carboxylic acids is 3. The van der Waals surface area contributed by atoms with Crippen LogP contribution >= 0.6 is 22.9 Å². The summed E-state index contributed by atoms with van der Waals surface area (Å²) in [4.78, 5) is 43.2. The van der Waals surface area contributed by atoms with Crippen molar-refractivity contribution in [3.63, 3.8) is 0 Å². The standard InChI is InChI=1S/C31H40ClN3O7S2/c1-30(2,3)41-27(36)20-35(44(39,40)17-14-24-11-12-26(32)43-24)25-13-16-34(28(25)37)23-10-9-22-19-33(15-7-8-21(22)18-23)29(38)42-31(4,5)6/h9-12,14,17-18,25H,7-8,13,15-16,19-20H2,1-6H3/t25-/m0/s1. The third-order valence-corrected chi connectivity index (χ3v) is 9.66. The molecular formula is C31H40ClN3O7S2. The summed E-state index contributed by atoms with van der Waals surface area (Å²) in [5.41, 5.74) is 1.19. The number of fused-ring (bicyclic) bond motifs is 1. The molecule has 2 aliphatic rings. The van der Waals surface area contributed by atoms with Gasteiger partial charge in [0.25, 0.3) is 0 Å². The number of benzene rings is 1. The van der Waals surface area contributed by atoms with E-state index in [-0.39, 0.29) is 19.1 Å². The number of esters is 1. The lowest BCUT2D eigenvalue weighted by Gasteiger charge is -2.27. The molecule has 0 bridgehead atoms. The predicted molar refractivity (Wildman–Crippen MR) is 172 cm³/mol. The number of amides is 2. The van der Waals surface area contributed by atoms with Gasteiger partial charge in [-0.05, 0) is 102 Å². The summed E-state index contributed by atoms with van der Waals surface area (Å²) >= 11 is 7.20. The molecule has 1 saturated heterocycles. The van der Waals surface area contributed by atoms with E-state index in [9.17, 15) is 22.8 Å². The molecule has 1 aromatic carbocycles. The van der Waals surface area contributed by atoms with Crippen LogP contribution in [0.15, 0.2) is 35.7 Å². The Balaban J connectivity index is 1.56. The van der Waals surface area contributed by atoms with E-state index in [0.29, 0.717) is 34.4 Å². The molecule has 13 heteroatoms. The van der Waals surface area contributed by atoms with E-state index in [4.69, 9.17) is 21.1 Å². The number of nitrogens with zero attached hydrogens (tertiary/aromatic N) is 3. The van der Waals surface area contributed by atoms with Gasteiger partial charge in [0.2, 0.25) is 15.9 Å². The summed E-state index contributed by atoms with van der Waals surface area (Å²) in [5.74, 6) is -1.17. The van der Waals surface area contributed by atoms with Crippen LogP contribution in [-0.2, 0) is 42.1 Å². The van der Waals surface area contributed by atoms with Crippen molar-refractivity contribution >= 4 is 62.7 Å². The van der Waals surface area contributed by atoms with Crippen LogP contribution in [0.1, 0.15) is 70.4 Å². The topological polar surface area (TPSA) is 114 Å². The number of halogens is 1. The molecule has 240 valence electrons. The quantitative estimate of drug-likeness (QED) is 0.342. The first kappa shape index (κ1) is 34.0. The van der Waals surface area contributed by atoms with Crippen LogP contribution in [0.25, 0.3) is 6.08 Å². The second-order valence-electron chi connectivity index (χ2n) is 12.9. The molecule has 0 unspecified atom stereocenters. The molecule has 0 N–H and O–H groups in total. The molecule has 2 aliphatic heterocycles. The smallest absolute Gasteiger partial charge is 0.410 e. The van der Waals surface area contributed by atoms with E-state index in [1.54, 1.807) is 42.7 Å². The van der Waals surface area contributed by atoms with Gasteiger partial charge in [-0.3, -0.25) is 9.59 Å². The largest absolute Gasteiger partial charge is 0.459 e. The summed E-state index contributed by atoms with van der Waals surface area (Å²) < 4.78 is 39.6. The molecule has 3 heterocycles. The van der Waals surface area contributed by atoms with Crippen LogP contribution in [0.2, 0.25) is 4.34 Å². The number of ether oxygens (including phenoxy) is 2. The zero-order valence-corrected chi connectivity index (χ0v) is 28.4. The van der Waals surface area contributed by atoms with Crippen LogP contribution in [0.4, 0.5) is 10.5 Å². The fourth-order valence-corrected chi connectivity index (χ4v) is 7.47. The van der Waals surface area contributed by atoms with Gasteiger partial charge in [0, 0.05) is 35.6 Å². The number of aryl methyl sites for hydroxylation is 1. The Morgan fingerprint density at radius 2 is 1.75 bits per heavy atom. The highest BCUT2D eigenvalue weighted by atomic mass is 35.5. The summed E-state index contributed by atoms with van der Waals surface area (Å²) in [6.07, 6.45) is 2.68. The fraction of sp³-hybridized carbons (Fsp3) is 0.516. The molecule has 44 heavy (non-hydrogen) atoms. The van der Waals surface area contributed by atoms with Gasteiger partial charge < -0.3 is 19.3 Å². The third-order valence-electron chi connectivity index (χ3n) is 6.94. The molecular weight excluding hydrogens is 626 g/mol. The number of thiophene rings is 1. The van der Waals surface area contributed by atoms with Crippen LogP contribution in [0.5, 0.6) is 0 Å². The summed E-state index contributed by atoms with van der Waals surface area (Å²) in [6, 6.07) is 7.89. The number of hydrogen-bond acceptors (Lipinski definition) is 8. The third kappa shape index (κ3) is 8.83. The van der Waals surface area contributed by atoms with Crippen molar-refractivity contribution in [3.8, 4) is 0 Å². The van der Waals surface area contributed by atoms with Crippen LogP contribution in [0, 0.1) is 0 Å². The highest BCUT2D eigenvalue weighted by Gasteiger charge is 2.43. The van der Waals surface area contributed by atoms with Crippen LogP contribution in [-0.4, -0.2) is 72.5 Å². The van der Waals surface area contributed by atoms with E-state index < -0.39 is 45.7 Å². The number of rotatable bonds is 7. The average Bonchev–Trinajstić information content (AvgIpc) is 3.41. The van der Waals surface area contributed by atoms with E-state index in [0.717, 1.165) is 27.3 Å². The van der Waals surface area contributed by atoms with Gasteiger partial charge in [-0.2, -0.15) is 4.31 Å². The van der Waals surface area contributed by atoms with Gasteiger partial charge in [-0.1, -0.05) is 17.7 Å². The van der Waals surface area contributed by atoms with Crippen molar-refractivity contribution in [2.45, 2.75) is 84.6 Å². The molecule has 0 aliphatic carbocycles. The number of hydrogen-bond donors (Lipinski definition) is 0. The first-order chi connectivity index (χ1) is 20.4. The van der Waals surface area contributed by atoms with E-state index in [1.165, 1.54) is 17.4 Å². The minimum atomic E-state index is -4.21. The van der Waals surface area contributed by atoms with Crippen molar-refractivity contribution in [1.29, 1.82) is 0 Å². The SMILES string of the molecule is CC(C)(C)OC(=O)CN([C@H]1CCN(c2ccc3c(c2)CCCN(C(=O)OC(C)(C)C)C3)C1=O)S(=O)(=O)C=Cc1ccc(Cl)s1. The maximum atomic E-state index is 13.8. The Morgan fingerprint density at radius 1 is 1.05 bits per heavy atom. The summed E-state index contributed by atoms with van der Waals surface area (Å²) in [7, 11) is -4.21. The molecule has 2 amide bonds. The number of anilines is 1. The monoisotopic (exact) mass is 665 g/mol. The van der Waals surface area contributed by atoms with Crippen molar-refractivity contribution in [3.05, 3.63) is 56.1 Å². The highest BCUT2D eigenvalue weighted by molar-refractivity contribution is 7.92. The van der Waals surface area contributed by atoms with E-state index in [1.807, 2.05) is 39.0 Å². The second-order valence-corrected chi connectivity index (χ2v) is 16.4. The van der Waals surface area contributed by atoms with Gasteiger partial charge in [0.15, 0.2) is 0 Å². The first-order valence-corrected chi connectivity index (χ1v) is 17.2. The average molecular weight is 666 g/mol. The minimum absolute atomic E-state index is 0.197. The Kier molecular flexibility index (Phi) is 10.2. The summed E-state index contributed by atoms with van der Waals surface area (Å²) in [6.45, 7) is 11.2. The second kappa shape index (κ2) is 13.2. The molecule has 0 saturated carbocycles. The Bertz CT molecular complexity index is 1540.